The Bertz CT molecular complexity index is 221. The highest BCUT2D eigenvalue weighted by Gasteiger charge is 2.23. The molecule has 0 radical (unpaired) electrons. The van der Waals surface area contributed by atoms with E-state index < -0.39 is 0 Å². The minimum absolute atomic E-state index is 0. The minimum Gasteiger partial charge on any atom is -1.00 e. The lowest BCUT2D eigenvalue weighted by atomic mass is 10.1. The lowest BCUT2D eigenvalue weighted by Gasteiger charge is -2.34. The third-order valence-corrected chi connectivity index (χ3v) is 4.76. The first-order valence-corrected chi connectivity index (χ1v) is 9.55. The van der Waals surface area contributed by atoms with Crippen LogP contribution in [-0.4, -0.2) is 36.5 Å². The van der Waals surface area contributed by atoms with Gasteiger partial charge in [-0.15, -0.1) is 0 Å². The summed E-state index contributed by atoms with van der Waals surface area (Å²) in [4.78, 5) is 0. The molecule has 2 nitrogen and oxygen atoms in total. The lowest BCUT2D eigenvalue weighted by molar-refractivity contribution is -0.937. The van der Waals surface area contributed by atoms with E-state index in [0.717, 1.165) is 17.4 Å². The zero-order valence-corrected chi connectivity index (χ0v) is 16.5. The van der Waals surface area contributed by atoms with Crippen molar-refractivity contribution in [3.63, 3.8) is 0 Å². The summed E-state index contributed by atoms with van der Waals surface area (Å²) in [6.07, 6.45) is 17.4. The molecule has 0 aromatic heterocycles. The second-order valence-electron chi connectivity index (χ2n) is 7.28. The van der Waals surface area contributed by atoms with Crippen molar-refractivity contribution in [2.24, 2.45) is 0 Å². The van der Waals surface area contributed by atoms with Crippen LogP contribution in [0.5, 0.6) is 0 Å². The average Bonchev–Trinajstić information content (AvgIpc) is 2.47. The maximum Gasteiger partial charge on any atom is 0.189 e. The van der Waals surface area contributed by atoms with E-state index in [1.807, 2.05) is 0 Å². The van der Waals surface area contributed by atoms with Crippen LogP contribution in [0, 0.1) is 0 Å². The zero-order chi connectivity index (χ0) is 16.0. The van der Waals surface area contributed by atoms with Crippen LogP contribution in [0.4, 0.5) is 0 Å². The van der Waals surface area contributed by atoms with Crippen LogP contribution >= 0.6 is 0 Å². The molecule has 1 N–H and O–H groups in total. The van der Waals surface area contributed by atoms with Gasteiger partial charge in [-0.25, -0.2) is 0 Å². The van der Waals surface area contributed by atoms with Crippen LogP contribution in [0.2, 0.25) is 0 Å². The van der Waals surface area contributed by atoms with Gasteiger partial charge in [0.2, 0.25) is 0 Å². The third-order valence-electron chi connectivity index (χ3n) is 4.76. The van der Waals surface area contributed by atoms with Crippen LogP contribution in [0.15, 0.2) is 0 Å². The van der Waals surface area contributed by atoms with Crippen LogP contribution in [-0.2, 0) is 0 Å². The van der Waals surface area contributed by atoms with E-state index in [0.29, 0.717) is 0 Å². The van der Waals surface area contributed by atoms with Gasteiger partial charge in [0.25, 0.3) is 0 Å². The molecule has 0 saturated carbocycles. The molecule has 0 aromatic carbocycles. The van der Waals surface area contributed by atoms with E-state index in [1.165, 1.54) is 77.0 Å². The fraction of sp³-hybridized carbons (Fsp3) is 1.00. The number of quaternary nitrogens is 1. The summed E-state index contributed by atoms with van der Waals surface area (Å²) in [5, 5.41) is 9.94. The topological polar surface area (TPSA) is 20.2 Å². The molecule has 1 unspecified atom stereocenters. The molecule has 0 aliphatic heterocycles. The van der Waals surface area contributed by atoms with Crippen molar-refractivity contribution in [1.29, 1.82) is 0 Å². The van der Waals surface area contributed by atoms with Crippen molar-refractivity contribution < 1.29 is 22.0 Å². The smallest absolute Gasteiger partial charge is 0.189 e. The van der Waals surface area contributed by atoms with E-state index in [1.54, 1.807) is 0 Å². The predicted octanol–water partition coefficient (Wildman–Crippen LogP) is 2.50. The van der Waals surface area contributed by atoms with Gasteiger partial charge in [-0.2, -0.15) is 0 Å². The molecule has 0 aliphatic rings. The number of hydrogen-bond donors (Lipinski definition) is 1. The van der Waals surface area contributed by atoms with Crippen molar-refractivity contribution in [2.45, 2.75) is 104 Å². The number of halogens is 1. The maximum atomic E-state index is 9.94. The molecule has 0 heterocycles. The first kappa shape index (κ1) is 24.5. The van der Waals surface area contributed by atoms with E-state index in [2.05, 4.69) is 27.9 Å². The number of unbranched alkanes of at least 4 members (excludes halogenated alkanes) is 11. The van der Waals surface area contributed by atoms with Crippen molar-refractivity contribution in [3.8, 4) is 0 Å². The Kier molecular flexibility index (Phi) is 17.9. The highest BCUT2D eigenvalue weighted by Crippen LogP contribution is 2.14. The van der Waals surface area contributed by atoms with Gasteiger partial charge < -0.3 is 22.0 Å². The predicted molar refractivity (Wildman–Crippen MR) is 94.4 cm³/mol. The maximum absolute atomic E-state index is 9.94. The quantitative estimate of drug-likeness (QED) is 0.277. The van der Waals surface area contributed by atoms with Gasteiger partial charge in [-0.1, -0.05) is 78.1 Å². The van der Waals surface area contributed by atoms with Gasteiger partial charge in [-0.3, -0.25) is 0 Å². The summed E-state index contributed by atoms with van der Waals surface area (Å²) in [5.74, 6) is 0. The Morgan fingerprint density at radius 3 is 1.41 bits per heavy atom. The van der Waals surface area contributed by atoms with E-state index >= 15 is 0 Å². The van der Waals surface area contributed by atoms with Gasteiger partial charge in [-0.05, 0) is 12.8 Å². The van der Waals surface area contributed by atoms with Crippen LogP contribution in [0.25, 0.3) is 0 Å². The number of aliphatic hydroxyl groups excluding tert-OH is 1. The lowest BCUT2D eigenvalue weighted by Crippen LogP contribution is -3.00. The van der Waals surface area contributed by atoms with E-state index in [-0.39, 0.29) is 18.6 Å². The molecular weight excluding hydrogens is 294 g/mol. The highest BCUT2D eigenvalue weighted by molar-refractivity contribution is 4.49. The molecule has 0 rings (SSSR count). The average molecular weight is 336 g/mol. The fourth-order valence-corrected chi connectivity index (χ4v) is 3.00. The van der Waals surface area contributed by atoms with Crippen molar-refractivity contribution in [1.82, 2.24) is 0 Å². The van der Waals surface area contributed by atoms with E-state index in [4.69, 9.17) is 0 Å². The number of aliphatic hydroxyl groups is 1. The molecule has 0 aliphatic carbocycles. The first-order chi connectivity index (χ1) is 10.0. The summed E-state index contributed by atoms with van der Waals surface area (Å²) in [6, 6.07) is 0. The number of rotatable bonds is 15. The summed E-state index contributed by atoms with van der Waals surface area (Å²) < 4.78 is 0.758. The second-order valence-corrected chi connectivity index (χ2v) is 7.28. The summed E-state index contributed by atoms with van der Waals surface area (Å²) in [6.45, 7) is 5.45. The Labute approximate surface area is 146 Å². The summed E-state index contributed by atoms with van der Waals surface area (Å²) in [5.41, 5.74) is 0. The molecule has 0 spiro atoms. The minimum atomic E-state index is -0.197. The zero-order valence-electron chi connectivity index (χ0n) is 15.7. The second kappa shape index (κ2) is 16.1. The van der Waals surface area contributed by atoms with Gasteiger partial charge in [0, 0.05) is 6.42 Å². The number of hydrogen-bond acceptors (Lipinski definition) is 1. The third kappa shape index (κ3) is 13.8. The summed E-state index contributed by atoms with van der Waals surface area (Å²) >= 11 is 0. The van der Waals surface area contributed by atoms with Gasteiger partial charge in [0.15, 0.2) is 6.23 Å². The molecule has 0 amide bonds. The Balaban J connectivity index is 0. The van der Waals surface area contributed by atoms with Gasteiger partial charge in [0.1, 0.15) is 0 Å². The van der Waals surface area contributed by atoms with Crippen LogP contribution in [0.1, 0.15) is 97.3 Å². The van der Waals surface area contributed by atoms with Gasteiger partial charge in [0.05, 0.1) is 20.6 Å². The van der Waals surface area contributed by atoms with Crippen molar-refractivity contribution in [2.75, 3.05) is 20.6 Å². The molecule has 0 aromatic rings. The first-order valence-electron chi connectivity index (χ1n) is 9.55. The Hall–Kier alpha value is 0.210. The molecule has 1 atom stereocenters. The summed E-state index contributed by atoms with van der Waals surface area (Å²) in [7, 11) is 4.29. The Morgan fingerprint density at radius 2 is 1.05 bits per heavy atom. The van der Waals surface area contributed by atoms with Crippen LogP contribution < -0.4 is 12.4 Å². The molecule has 22 heavy (non-hydrogen) atoms. The largest absolute Gasteiger partial charge is 1.00 e. The number of nitrogens with zero attached hydrogens (tertiary/aromatic N) is 1. The van der Waals surface area contributed by atoms with E-state index in [9.17, 15) is 5.11 Å². The molecule has 0 saturated heterocycles. The molecular formula is C19H42ClNO. The standard InChI is InChI=1S/C19H42NO.ClH/c1-5-7-8-9-10-11-12-13-14-15-16-17-18-20(3,4)19(21)6-2;/h19,21H,5-18H2,1-4H3;1H/q+1;/p-1. The van der Waals surface area contributed by atoms with Gasteiger partial charge >= 0.3 is 0 Å². The van der Waals surface area contributed by atoms with Crippen LogP contribution in [0.3, 0.4) is 0 Å². The highest BCUT2D eigenvalue weighted by atomic mass is 35.5. The monoisotopic (exact) mass is 335 g/mol. The SMILES string of the molecule is CCCCCCCCCCCCCC[N+](C)(C)C(O)CC.[Cl-]. The molecule has 136 valence electrons. The molecule has 3 heteroatoms. The van der Waals surface area contributed by atoms with Crippen molar-refractivity contribution in [3.05, 3.63) is 0 Å². The Morgan fingerprint density at radius 1 is 0.682 bits per heavy atom. The molecule has 0 bridgehead atoms. The molecule has 0 fully saturated rings. The fourth-order valence-electron chi connectivity index (χ4n) is 3.00. The normalized spacial score (nSPS) is 13.0. The van der Waals surface area contributed by atoms with Crippen molar-refractivity contribution >= 4 is 0 Å².